The molecular formula is C52H73N3O11. The van der Waals surface area contributed by atoms with E-state index in [1.165, 1.54) is 20.0 Å². The SMILES string of the molecule is C=CCOC12Oc3ccc(OC(=O)Nc4ccc(OC)cc4OC)cc3C3C(CCCCO)C(CCCCO)C=C(C(=NOC4CCCCO4)CC1N(CCC)C(=O)CCC1CCCC1)C32. The second kappa shape index (κ2) is 23.9. The minimum Gasteiger partial charge on any atom is -0.497 e. The lowest BCUT2D eigenvalue weighted by Crippen LogP contribution is -2.70. The van der Waals surface area contributed by atoms with Gasteiger partial charge in [-0.2, -0.15) is 0 Å². The molecule has 5 aliphatic rings. The molecule has 3 fully saturated rings. The quantitative estimate of drug-likeness (QED) is 0.0552. The fourth-order valence-electron chi connectivity index (χ4n) is 11.2. The number of oxime groups is 1. The van der Waals surface area contributed by atoms with E-state index in [0.717, 1.165) is 87.5 Å². The molecular weight excluding hydrogens is 843 g/mol. The number of nitrogens with zero attached hydrogens (tertiary/aromatic N) is 2. The lowest BCUT2D eigenvalue weighted by Gasteiger charge is -2.60. The average molecular weight is 916 g/mol. The summed E-state index contributed by atoms with van der Waals surface area (Å²) >= 11 is 0. The number of ether oxygens (including phenoxy) is 6. The number of carbonyl (C=O) groups excluding carboxylic acids is 2. The first-order valence-electron chi connectivity index (χ1n) is 24.6. The largest absolute Gasteiger partial charge is 0.497 e. The van der Waals surface area contributed by atoms with Crippen molar-refractivity contribution in [2.45, 2.75) is 140 Å². The summed E-state index contributed by atoms with van der Waals surface area (Å²) in [4.78, 5) is 36.8. The van der Waals surface area contributed by atoms with Crippen molar-refractivity contribution in [1.82, 2.24) is 4.90 Å². The van der Waals surface area contributed by atoms with Crippen LogP contribution < -0.4 is 24.3 Å². The molecule has 362 valence electrons. The molecule has 66 heavy (non-hydrogen) atoms. The first kappa shape index (κ1) is 49.3. The molecule has 14 nitrogen and oxygen atoms in total. The number of rotatable bonds is 23. The summed E-state index contributed by atoms with van der Waals surface area (Å²) in [5.41, 5.74) is 2.95. The molecule has 2 heterocycles. The Labute approximate surface area is 391 Å². The normalized spacial score (nSPS) is 26.3. The number of methoxy groups -OCH3 is 2. The van der Waals surface area contributed by atoms with Crippen molar-refractivity contribution >= 4 is 23.4 Å². The van der Waals surface area contributed by atoms with Gasteiger partial charge in [0.25, 0.3) is 0 Å². The van der Waals surface area contributed by atoms with E-state index in [-0.39, 0.29) is 43.5 Å². The number of nitrogens with one attached hydrogen (secondary N) is 1. The fourth-order valence-corrected chi connectivity index (χ4v) is 11.2. The number of unbranched alkanes of at least 4 members (excludes halogenated alkanes) is 2. The van der Waals surface area contributed by atoms with E-state index < -0.39 is 30.1 Å². The van der Waals surface area contributed by atoms with Crippen LogP contribution in [0.4, 0.5) is 10.5 Å². The molecule has 0 aromatic heterocycles. The molecule has 1 saturated heterocycles. The van der Waals surface area contributed by atoms with Crippen LogP contribution >= 0.6 is 0 Å². The fraction of sp³-hybridized carbons (Fsp3) is 0.635. The Morgan fingerprint density at radius 2 is 1.73 bits per heavy atom. The third-order valence-corrected chi connectivity index (χ3v) is 14.3. The Morgan fingerprint density at radius 1 is 0.955 bits per heavy atom. The van der Waals surface area contributed by atoms with Crippen LogP contribution in [-0.2, 0) is 19.1 Å². The molecule has 7 rings (SSSR count). The van der Waals surface area contributed by atoms with Gasteiger partial charge in [0.2, 0.25) is 18.0 Å². The number of benzene rings is 2. The molecule has 2 aromatic carbocycles. The molecule has 0 bridgehead atoms. The van der Waals surface area contributed by atoms with Crippen LogP contribution in [0.25, 0.3) is 0 Å². The molecule has 3 N–H and O–H groups in total. The highest BCUT2D eigenvalue weighted by Gasteiger charge is 2.65. The van der Waals surface area contributed by atoms with E-state index >= 15 is 0 Å². The van der Waals surface area contributed by atoms with Crippen molar-refractivity contribution in [3.05, 3.63) is 66.3 Å². The van der Waals surface area contributed by atoms with Crippen molar-refractivity contribution in [2.24, 2.45) is 28.8 Å². The Kier molecular flexibility index (Phi) is 17.8. The van der Waals surface area contributed by atoms with Gasteiger partial charge in [0, 0.05) is 56.6 Å². The second-order valence-electron chi connectivity index (χ2n) is 18.5. The van der Waals surface area contributed by atoms with Crippen molar-refractivity contribution in [3.8, 4) is 23.0 Å². The van der Waals surface area contributed by atoms with Gasteiger partial charge in [0.15, 0.2) is 0 Å². The van der Waals surface area contributed by atoms with E-state index in [1.807, 2.05) is 17.0 Å². The number of allylic oxidation sites excluding steroid dienone is 1. The number of hydrogen-bond acceptors (Lipinski definition) is 12. The summed E-state index contributed by atoms with van der Waals surface area (Å²) in [6.45, 7) is 7.61. The Bertz CT molecular complexity index is 1990. The van der Waals surface area contributed by atoms with Crippen LogP contribution in [0, 0.1) is 23.7 Å². The third-order valence-electron chi connectivity index (χ3n) is 14.3. The Hall–Kier alpha value is -4.63. The van der Waals surface area contributed by atoms with E-state index in [9.17, 15) is 19.8 Å². The summed E-state index contributed by atoms with van der Waals surface area (Å²) < 4.78 is 37.5. The summed E-state index contributed by atoms with van der Waals surface area (Å²) in [5, 5.41) is 27.8. The lowest BCUT2D eigenvalue weighted by atomic mass is 9.55. The predicted octanol–water partition coefficient (Wildman–Crippen LogP) is 9.68. The number of hydrogen-bond donors (Lipinski definition) is 3. The summed E-state index contributed by atoms with van der Waals surface area (Å²) in [5.74, 6) is 0.429. The first-order chi connectivity index (χ1) is 32.3. The lowest BCUT2D eigenvalue weighted by molar-refractivity contribution is -0.257. The van der Waals surface area contributed by atoms with E-state index in [4.69, 9.17) is 38.4 Å². The van der Waals surface area contributed by atoms with Crippen molar-refractivity contribution in [3.63, 3.8) is 0 Å². The second-order valence-corrected chi connectivity index (χ2v) is 18.5. The summed E-state index contributed by atoms with van der Waals surface area (Å²) in [6.07, 6.45) is 17.1. The molecule has 2 amide bonds. The minimum absolute atomic E-state index is 0.00581. The van der Waals surface area contributed by atoms with Crippen LogP contribution in [0.3, 0.4) is 0 Å². The molecule has 3 aliphatic carbocycles. The van der Waals surface area contributed by atoms with E-state index in [1.54, 1.807) is 37.5 Å². The van der Waals surface area contributed by atoms with Gasteiger partial charge in [-0.1, -0.05) is 62.8 Å². The molecule has 14 heteroatoms. The molecule has 2 aliphatic heterocycles. The van der Waals surface area contributed by atoms with Crippen LogP contribution in [0.1, 0.15) is 128 Å². The maximum absolute atomic E-state index is 14.8. The average Bonchev–Trinajstić information content (AvgIpc) is 3.87. The van der Waals surface area contributed by atoms with Gasteiger partial charge in [-0.15, -0.1) is 6.58 Å². The monoisotopic (exact) mass is 916 g/mol. The van der Waals surface area contributed by atoms with Gasteiger partial charge in [-0.3, -0.25) is 10.1 Å². The highest BCUT2D eigenvalue weighted by Crippen LogP contribution is 2.62. The van der Waals surface area contributed by atoms with Crippen LogP contribution in [0.2, 0.25) is 0 Å². The van der Waals surface area contributed by atoms with Crippen LogP contribution in [0.5, 0.6) is 23.0 Å². The maximum Gasteiger partial charge on any atom is 0.417 e. The van der Waals surface area contributed by atoms with Gasteiger partial charge >= 0.3 is 6.09 Å². The zero-order chi connectivity index (χ0) is 46.5. The number of amides is 2. The van der Waals surface area contributed by atoms with Crippen LogP contribution in [-0.4, -0.2) is 98.1 Å². The number of fused-ring (bicyclic) bond motifs is 2. The van der Waals surface area contributed by atoms with E-state index in [0.29, 0.717) is 73.4 Å². The van der Waals surface area contributed by atoms with Crippen molar-refractivity contribution < 1.29 is 53.1 Å². The van der Waals surface area contributed by atoms with Gasteiger partial charge in [0.1, 0.15) is 29.0 Å². The van der Waals surface area contributed by atoms with Gasteiger partial charge in [-0.05, 0) is 105 Å². The molecule has 7 unspecified atom stereocenters. The zero-order valence-corrected chi connectivity index (χ0v) is 39.4. The molecule has 2 saturated carbocycles. The van der Waals surface area contributed by atoms with Gasteiger partial charge in [0.05, 0.1) is 44.8 Å². The Morgan fingerprint density at radius 3 is 2.44 bits per heavy atom. The van der Waals surface area contributed by atoms with Gasteiger partial charge < -0.3 is 48.4 Å². The molecule has 2 aromatic rings. The van der Waals surface area contributed by atoms with E-state index in [2.05, 4.69) is 24.9 Å². The first-order valence-corrected chi connectivity index (χ1v) is 24.6. The third kappa shape index (κ3) is 11.4. The van der Waals surface area contributed by atoms with Crippen molar-refractivity contribution in [1.29, 1.82) is 0 Å². The topological polar surface area (TPSA) is 167 Å². The Balaban J connectivity index is 1.36. The highest BCUT2D eigenvalue weighted by molar-refractivity contribution is 6.03. The number of aliphatic hydroxyl groups is 2. The summed E-state index contributed by atoms with van der Waals surface area (Å²) in [7, 11) is 3.08. The molecule has 7 atom stereocenters. The molecule has 0 radical (unpaired) electrons. The maximum atomic E-state index is 14.8. The summed E-state index contributed by atoms with van der Waals surface area (Å²) in [6, 6.07) is 9.98. The number of anilines is 1. The smallest absolute Gasteiger partial charge is 0.417 e. The van der Waals surface area contributed by atoms with Gasteiger partial charge in [-0.25, -0.2) is 4.79 Å². The standard InChI is InChI=1S/C52H73N3O11/c1-5-26-55(47(58)25-20-35-15-7-8-16-35)46-34-43(54-66-48-19-11-14-30-62-48)40-31-36(17-9-12-27-56)39(18-10-13-28-57)49-41-32-38(22-24-44(41)65-52(46,50(40)49)63-29-6-2)64-51(59)53-42-23-21-37(60-3)33-45(42)61-4/h6,21-24,31-33,35-36,39,46,48-50,56-57H,2,5,7-20,25-30,34H2,1,3-4H3,(H,53,59). The predicted molar refractivity (Wildman–Crippen MR) is 252 cm³/mol. The van der Waals surface area contributed by atoms with Crippen LogP contribution in [0.15, 0.2) is 65.9 Å². The molecule has 0 spiro atoms. The minimum atomic E-state index is -1.37. The zero-order valence-electron chi connectivity index (χ0n) is 39.4. The highest BCUT2D eigenvalue weighted by atomic mass is 16.8. The number of carbonyl (C=O) groups is 2. The van der Waals surface area contributed by atoms with Crippen molar-refractivity contribution in [2.75, 3.05) is 52.5 Å². The number of aliphatic hydroxyl groups excluding tert-OH is 2.